The van der Waals surface area contributed by atoms with E-state index in [0.29, 0.717) is 18.5 Å². The summed E-state index contributed by atoms with van der Waals surface area (Å²) in [6, 6.07) is 7.34. The second-order valence-electron chi connectivity index (χ2n) is 6.21. The number of aromatic nitrogens is 1. The first-order valence-electron chi connectivity index (χ1n) is 7.71. The number of hydrogen-bond acceptors (Lipinski definition) is 4. The first-order valence-corrected chi connectivity index (χ1v) is 7.71. The zero-order valence-electron chi connectivity index (χ0n) is 13.3. The van der Waals surface area contributed by atoms with Gasteiger partial charge in [-0.3, -0.25) is 9.59 Å². The third-order valence-corrected chi connectivity index (χ3v) is 4.48. The van der Waals surface area contributed by atoms with Crippen LogP contribution in [0.5, 0.6) is 0 Å². The van der Waals surface area contributed by atoms with E-state index in [1.54, 1.807) is 0 Å². The van der Waals surface area contributed by atoms with Crippen LogP contribution >= 0.6 is 0 Å². The maximum atomic E-state index is 12.4. The van der Waals surface area contributed by atoms with Gasteiger partial charge in [-0.25, -0.2) is 0 Å². The third kappa shape index (κ3) is 3.07. The third-order valence-electron chi connectivity index (χ3n) is 4.48. The summed E-state index contributed by atoms with van der Waals surface area (Å²) in [4.78, 5) is 27.2. The Morgan fingerprint density at radius 1 is 1.30 bits per heavy atom. The molecule has 1 unspecified atom stereocenters. The number of rotatable bonds is 3. The predicted molar refractivity (Wildman–Crippen MR) is 87.0 cm³/mol. The van der Waals surface area contributed by atoms with E-state index in [1.807, 2.05) is 31.2 Å². The van der Waals surface area contributed by atoms with E-state index in [1.165, 1.54) is 7.11 Å². The van der Waals surface area contributed by atoms with E-state index < -0.39 is 0 Å². The molecule has 0 aliphatic heterocycles. The zero-order valence-corrected chi connectivity index (χ0v) is 13.3. The lowest BCUT2D eigenvalue weighted by molar-refractivity contribution is -0.145. The molecule has 1 saturated carbocycles. The molecule has 1 amide bonds. The topological polar surface area (TPSA) is 97.2 Å². The fraction of sp³-hybridized carbons (Fsp3) is 0.412. The van der Waals surface area contributed by atoms with Crippen LogP contribution in [0.3, 0.4) is 0 Å². The average Bonchev–Trinajstić information content (AvgIpc) is 3.10. The van der Waals surface area contributed by atoms with Crippen LogP contribution < -0.4 is 11.1 Å². The molecular formula is C17H21N3O3. The van der Waals surface area contributed by atoms with Gasteiger partial charge in [-0.2, -0.15) is 0 Å². The first-order chi connectivity index (χ1) is 11.0. The molecule has 2 aromatic rings. The number of nitrogens with one attached hydrogen (secondary N) is 2. The van der Waals surface area contributed by atoms with Gasteiger partial charge in [0.05, 0.1) is 13.0 Å². The van der Waals surface area contributed by atoms with Crippen LogP contribution in [-0.4, -0.2) is 36.1 Å². The molecule has 6 nitrogen and oxygen atoms in total. The van der Waals surface area contributed by atoms with E-state index in [4.69, 9.17) is 10.5 Å². The number of fused-ring (bicyclic) bond motifs is 1. The number of H-pyrrole nitrogens is 1. The Balaban J connectivity index is 1.72. The highest BCUT2D eigenvalue weighted by molar-refractivity contribution is 5.98. The Kier molecular flexibility index (Phi) is 4.09. The van der Waals surface area contributed by atoms with Gasteiger partial charge in [0.1, 0.15) is 5.69 Å². The summed E-state index contributed by atoms with van der Waals surface area (Å²) in [6.45, 7) is 2.01. The molecule has 1 aromatic carbocycles. The SMILES string of the molecule is COC(=O)C1C[C@@H](N)[C@H](NC(=O)c2cc3cc(C)ccc3[nH]2)C1. The highest BCUT2D eigenvalue weighted by atomic mass is 16.5. The van der Waals surface area contributed by atoms with Crippen LogP contribution in [0.15, 0.2) is 24.3 Å². The van der Waals surface area contributed by atoms with Crippen molar-refractivity contribution in [2.24, 2.45) is 11.7 Å². The fourth-order valence-corrected chi connectivity index (χ4v) is 3.22. The smallest absolute Gasteiger partial charge is 0.308 e. The highest BCUT2D eigenvalue weighted by Crippen LogP contribution is 2.26. The number of ether oxygens (including phenoxy) is 1. The van der Waals surface area contributed by atoms with E-state index in [2.05, 4.69) is 10.3 Å². The van der Waals surface area contributed by atoms with Crippen LogP contribution in [0, 0.1) is 12.8 Å². The molecule has 0 saturated heterocycles. The Morgan fingerprint density at radius 3 is 2.83 bits per heavy atom. The Bertz CT molecular complexity index is 753. The minimum Gasteiger partial charge on any atom is -0.469 e. The van der Waals surface area contributed by atoms with Crippen molar-refractivity contribution in [1.82, 2.24) is 10.3 Å². The lowest BCUT2D eigenvalue weighted by Gasteiger charge is -2.16. The molecule has 0 spiro atoms. The second-order valence-corrected chi connectivity index (χ2v) is 6.21. The monoisotopic (exact) mass is 315 g/mol. The minimum atomic E-state index is -0.265. The second kappa shape index (κ2) is 6.04. The number of methoxy groups -OCH3 is 1. The predicted octanol–water partition coefficient (Wildman–Crippen LogP) is 1.49. The summed E-state index contributed by atoms with van der Waals surface area (Å²) < 4.78 is 4.76. The lowest BCUT2D eigenvalue weighted by Crippen LogP contribution is -2.44. The lowest BCUT2D eigenvalue weighted by atomic mass is 10.1. The number of carbonyl (C=O) groups is 2. The number of carbonyl (C=O) groups excluding carboxylic acids is 2. The summed E-state index contributed by atoms with van der Waals surface area (Å²) in [6.07, 6.45) is 1.04. The molecule has 3 rings (SSSR count). The largest absolute Gasteiger partial charge is 0.469 e. The van der Waals surface area contributed by atoms with Gasteiger partial charge in [0.15, 0.2) is 0 Å². The number of amides is 1. The van der Waals surface area contributed by atoms with Crippen molar-refractivity contribution < 1.29 is 14.3 Å². The summed E-state index contributed by atoms with van der Waals surface area (Å²) in [5.74, 6) is -0.714. The number of nitrogens with two attached hydrogens (primary N) is 1. The van der Waals surface area contributed by atoms with Crippen molar-refractivity contribution in [3.05, 3.63) is 35.5 Å². The number of hydrogen-bond donors (Lipinski definition) is 3. The van der Waals surface area contributed by atoms with Crippen molar-refractivity contribution in [1.29, 1.82) is 0 Å². The average molecular weight is 315 g/mol. The molecular weight excluding hydrogens is 294 g/mol. The van der Waals surface area contributed by atoms with Crippen LogP contribution in [-0.2, 0) is 9.53 Å². The van der Waals surface area contributed by atoms with Crippen molar-refractivity contribution in [2.75, 3.05) is 7.11 Å². The van der Waals surface area contributed by atoms with Crippen LogP contribution in [0.2, 0.25) is 0 Å². The summed E-state index contributed by atoms with van der Waals surface area (Å²) in [7, 11) is 1.37. The van der Waals surface area contributed by atoms with Gasteiger partial charge in [0.2, 0.25) is 0 Å². The first kappa shape index (κ1) is 15.6. The molecule has 1 heterocycles. The van der Waals surface area contributed by atoms with Crippen molar-refractivity contribution in [3.63, 3.8) is 0 Å². The molecule has 122 valence electrons. The zero-order chi connectivity index (χ0) is 16.6. The standard InChI is InChI=1S/C17H21N3O3/c1-9-3-4-13-10(5-9)7-15(19-13)16(21)20-14-8-11(6-12(14)18)17(22)23-2/h3-5,7,11-12,14,19H,6,8,18H2,1-2H3,(H,20,21)/t11?,12-,14-/m1/s1. The van der Waals surface area contributed by atoms with Gasteiger partial charge < -0.3 is 20.8 Å². The van der Waals surface area contributed by atoms with Crippen LogP contribution in [0.4, 0.5) is 0 Å². The number of aryl methyl sites for hydroxylation is 1. The van der Waals surface area contributed by atoms with Gasteiger partial charge in [-0.1, -0.05) is 11.6 Å². The minimum absolute atomic E-state index is 0.204. The van der Waals surface area contributed by atoms with Gasteiger partial charge in [0.25, 0.3) is 5.91 Å². The summed E-state index contributed by atoms with van der Waals surface area (Å²) in [5.41, 5.74) is 8.61. The number of esters is 1. The number of aromatic amines is 1. The normalized spacial score (nSPS) is 23.9. The molecule has 1 aromatic heterocycles. The van der Waals surface area contributed by atoms with Gasteiger partial charge in [-0.05, 0) is 38.0 Å². The van der Waals surface area contributed by atoms with Crippen LogP contribution in [0.25, 0.3) is 10.9 Å². The Morgan fingerprint density at radius 2 is 2.09 bits per heavy atom. The van der Waals surface area contributed by atoms with Crippen molar-refractivity contribution >= 4 is 22.8 Å². The Labute approximate surface area is 134 Å². The highest BCUT2D eigenvalue weighted by Gasteiger charge is 2.37. The molecule has 3 atom stereocenters. The van der Waals surface area contributed by atoms with Crippen molar-refractivity contribution in [2.45, 2.75) is 31.8 Å². The van der Waals surface area contributed by atoms with Crippen molar-refractivity contribution in [3.8, 4) is 0 Å². The fourth-order valence-electron chi connectivity index (χ4n) is 3.22. The van der Waals surface area contributed by atoms with Crippen LogP contribution in [0.1, 0.15) is 28.9 Å². The molecule has 23 heavy (non-hydrogen) atoms. The molecule has 1 aliphatic rings. The summed E-state index contributed by atoms with van der Waals surface area (Å²) >= 11 is 0. The molecule has 0 bridgehead atoms. The van der Waals surface area contributed by atoms with E-state index in [0.717, 1.165) is 16.5 Å². The molecule has 1 aliphatic carbocycles. The van der Waals surface area contributed by atoms with Gasteiger partial charge in [-0.15, -0.1) is 0 Å². The van der Waals surface area contributed by atoms with E-state index >= 15 is 0 Å². The molecule has 6 heteroatoms. The maximum Gasteiger partial charge on any atom is 0.308 e. The quantitative estimate of drug-likeness (QED) is 0.747. The molecule has 4 N–H and O–H groups in total. The number of benzene rings is 1. The molecule has 1 fully saturated rings. The van der Waals surface area contributed by atoms with E-state index in [9.17, 15) is 9.59 Å². The van der Waals surface area contributed by atoms with Gasteiger partial charge in [0, 0.05) is 23.0 Å². The summed E-state index contributed by atoms with van der Waals surface area (Å²) in [5, 5.41) is 3.92. The maximum absolute atomic E-state index is 12.4. The molecule has 0 radical (unpaired) electrons. The Hall–Kier alpha value is -2.34. The van der Waals surface area contributed by atoms with Gasteiger partial charge >= 0.3 is 5.97 Å². The van der Waals surface area contributed by atoms with E-state index in [-0.39, 0.29) is 29.9 Å².